The number of ether oxygens (including phenoxy) is 1. The molecule has 0 amide bonds. The Bertz CT molecular complexity index is 422. The number of carbonyl (C=O) groups is 1. The Balaban J connectivity index is 2.00. The lowest BCUT2D eigenvalue weighted by Crippen LogP contribution is -2.35. The SMILES string of the molecule is CN(C)CCCOC(=O)C1(c2ccccc2)CCCC1. The molecule has 1 fully saturated rings. The van der Waals surface area contributed by atoms with Crippen molar-refractivity contribution in [1.29, 1.82) is 0 Å². The summed E-state index contributed by atoms with van der Waals surface area (Å²) in [4.78, 5) is 14.7. The summed E-state index contributed by atoms with van der Waals surface area (Å²) < 4.78 is 5.57. The average Bonchev–Trinajstić information content (AvgIpc) is 2.95. The average molecular weight is 275 g/mol. The minimum atomic E-state index is -0.390. The predicted octanol–water partition coefficient (Wildman–Crippen LogP) is 2.99. The zero-order valence-electron chi connectivity index (χ0n) is 12.6. The van der Waals surface area contributed by atoms with Crippen LogP contribution in [-0.4, -0.2) is 38.1 Å². The quantitative estimate of drug-likeness (QED) is 0.590. The van der Waals surface area contributed by atoms with Gasteiger partial charge in [0.15, 0.2) is 0 Å². The lowest BCUT2D eigenvalue weighted by atomic mass is 9.79. The van der Waals surface area contributed by atoms with Gasteiger partial charge in [0.05, 0.1) is 12.0 Å². The van der Waals surface area contributed by atoms with Crippen LogP contribution in [0.2, 0.25) is 0 Å². The highest BCUT2D eigenvalue weighted by atomic mass is 16.5. The molecule has 0 radical (unpaired) electrons. The van der Waals surface area contributed by atoms with Crippen molar-refractivity contribution in [3.63, 3.8) is 0 Å². The molecular weight excluding hydrogens is 250 g/mol. The lowest BCUT2D eigenvalue weighted by Gasteiger charge is -2.27. The summed E-state index contributed by atoms with van der Waals surface area (Å²) in [6, 6.07) is 10.1. The molecule has 1 saturated carbocycles. The van der Waals surface area contributed by atoms with Crippen molar-refractivity contribution in [3.05, 3.63) is 35.9 Å². The van der Waals surface area contributed by atoms with Gasteiger partial charge < -0.3 is 9.64 Å². The van der Waals surface area contributed by atoms with Crippen molar-refractivity contribution in [3.8, 4) is 0 Å². The monoisotopic (exact) mass is 275 g/mol. The summed E-state index contributed by atoms with van der Waals surface area (Å²) in [6.07, 6.45) is 4.96. The van der Waals surface area contributed by atoms with Gasteiger partial charge in [-0.2, -0.15) is 0 Å². The Kier molecular flexibility index (Phi) is 5.18. The molecule has 3 nitrogen and oxygen atoms in total. The van der Waals surface area contributed by atoms with Gasteiger partial charge in [-0.25, -0.2) is 0 Å². The number of hydrogen-bond acceptors (Lipinski definition) is 3. The second-order valence-electron chi connectivity index (χ2n) is 5.95. The maximum atomic E-state index is 12.6. The van der Waals surface area contributed by atoms with E-state index >= 15 is 0 Å². The molecule has 110 valence electrons. The first kappa shape index (κ1) is 15.0. The van der Waals surface area contributed by atoms with Crippen LogP contribution >= 0.6 is 0 Å². The molecule has 1 aliphatic rings. The number of esters is 1. The molecule has 0 atom stereocenters. The highest BCUT2D eigenvalue weighted by molar-refractivity contribution is 5.83. The van der Waals surface area contributed by atoms with Gasteiger partial charge in [0.25, 0.3) is 0 Å². The van der Waals surface area contributed by atoms with Crippen molar-refractivity contribution < 1.29 is 9.53 Å². The third kappa shape index (κ3) is 3.40. The third-order valence-electron chi connectivity index (χ3n) is 4.16. The first-order valence-corrected chi connectivity index (χ1v) is 7.53. The van der Waals surface area contributed by atoms with Crippen molar-refractivity contribution in [2.75, 3.05) is 27.2 Å². The number of carbonyl (C=O) groups excluding carboxylic acids is 1. The first-order valence-electron chi connectivity index (χ1n) is 7.53. The molecule has 0 aromatic heterocycles. The van der Waals surface area contributed by atoms with Gasteiger partial charge in [0.1, 0.15) is 0 Å². The normalized spacial score (nSPS) is 17.4. The molecule has 0 aliphatic heterocycles. The van der Waals surface area contributed by atoms with Crippen LogP contribution in [-0.2, 0) is 14.9 Å². The van der Waals surface area contributed by atoms with Crippen LogP contribution in [0.3, 0.4) is 0 Å². The molecule has 0 N–H and O–H groups in total. The van der Waals surface area contributed by atoms with E-state index in [-0.39, 0.29) is 11.4 Å². The van der Waals surface area contributed by atoms with Gasteiger partial charge in [-0.3, -0.25) is 4.79 Å². The lowest BCUT2D eigenvalue weighted by molar-refractivity contribution is -0.150. The standard InChI is InChI=1S/C17H25NO2/c1-18(2)13-8-14-20-16(19)17(11-6-7-12-17)15-9-4-3-5-10-15/h3-5,9-10H,6-8,11-14H2,1-2H3. The zero-order valence-corrected chi connectivity index (χ0v) is 12.6. The topological polar surface area (TPSA) is 29.5 Å². The van der Waals surface area contributed by atoms with Crippen LogP contribution in [0.5, 0.6) is 0 Å². The maximum absolute atomic E-state index is 12.6. The van der Waals surface area contributed by atoms with E-state index in [9.17, 15) is 4.79 Å². The van der Waals surface area contributed by atoms with Crippen molar-refractivity contribution in [2.45, 2.75) is 37.5 Å². The van der Waals surface area contributed by atoms with Gasteiger partial charge in [-0.1, -0.05) is 43.2 Å². The number of nitrogens with zero attached hydrogens (tertiary/aromatic N) is 1. The van der Waals surface area contributed by atoms with Crippen LogP contribution in [0, 0.1) is 0 Å². The van der Waals surface area contributed by atoms with Crippen LogP contribution in [0.25, 0.3) is 0 Å². The highest BCUT2D eigenvalue weighted by Crippen LogP contribution is 2.42. The van der Waals surface area contributed by atoms with E-state index in [2.05, 4.69) is 17.0 Å². The number of benzene rings is 1. The van der Waals surface area contributed by atoms with Gasteiger partial charge in [0, 0.05) is 6.54 Å². The summed E-state index contributed by atoms with van der Waals surface area (Å²) in [7, 11) is 4.06. The van der Waals surface area contributed by atoms with Gasteiger partial charge in [-0.05, 0) is 38.9 Å². The van der Waals surface area contributed by atoms with Gasteiger partial charge in [0.2, 0.25) is 0 Å². The molecule has 1 aromatic rings. The molecule has 3 heteroatoms. The van der Waals surface area contributed by atoms with Gasteiger partial charge >= 0.3 is 5.97 Å². The van der Waals surface area contributed by atoms with Crippen molar-refractivity contribution >= 4 is 5.97 Å². The fourth-order valence-corrected chi connectivity index (χ4v) is 3.03. The Labute approximate surface area is 121 Å². The molecule has 1 aliphatic carbocycles. The van der Waals surface area contributed by atoms with Crippen molar-refractivity contribution in [2.24, 2.45) is 0 Å². The van der Waals surface area contributed by atoms with Crippen LogP contribution in [0.4, 0.5) is 0 Å². The predicted molar refractivity (Wildman–Crippen MR) is 80.7 cm³/mol. The molecular formula is C17H25NO2. The third-order valence-corrected chi connectivity index (χ3v) is 4.16. The fourth-order valence-electron chi connectivity index (χ4n) is 3.03. The van der Waals surface area contributed by atoms with E-state index < -0.39 is 0 Å². The largest absolute Gasteiger partial charge is 0.465 e. The molecule has 1 aromatic carbocycles. The Morgan fingerprint density at radius 2 is 1.85 bits per heavy atom. The molecule has 0 bridgehead atoms. The summed E-state index contributed by atoms with van der Waals surface area (Å²) in [5, 5.41) is 0. The minimum absolute atomic E-state index is 0.0278. The van der Waals surface area contributed by atoms with Gasteiger partial charge in [-0.15, -0.1) is 0 Å². The molecule has 0 saturated heterocycles. The summed E-state index contributed by atoms with van der Waals surface area (Å²) in [6.45, 7) is 1.47. The summed E-state index contributed by atoms with van der Waals surface area (Å²) >= 11 is 0. The molecule has 20 heavy (non-hydrogen) atoms. The van der Waals surface area contributed by atoms with E-state index in [1.807, 2.05) is 32.3 Å². The minimum Gasteiger partial charge on any atom is -0.465 e. The smallest absolute Gasteiger partial charge is 0.316 e. The fraction of sp³-hybridized carbons (Fsp3) is 0.588. The van der Waals surface area contributed by atoms with E-state index in [1.54, 1.807) is 0 Å². The maximum Gasteiger partial charge on any atom is 0.316 e. The van der Waals surface area contributed by atoms with Crippen LogP contribution in [0.1, 0.15) is 37.7 Å². The first-order chi connectivity index (χ1) is 9.65. The van der Waals surface area contributed by atoms with E-state index in [1.165, 1.54) is 0 Å². The Morgan fingerprint density at radius 3 is 2.45 bits per heavy atom. The molecule has 0 unspecified atom stereocenters. The van der Waals surface area contributed by atoms with E-state index in [0.717, 1.165) is 44.2 Å². The van der Waals surface area contributed by atoms with Crippen LogP contribution in [0.15, 0.2) is 30.3 Å². The second-order valence-corrected chi connectivity index (χ2v) is 5.95. The highest BCUT2D eigenvalue weighted by Gasteiger charge is 2.43. The molecule has 2 rings (SSSR count). The molecule has 0 heterocycles. The van der Waals surface area contributed by atoms with Crippen molar-refractivity contribution in [1.82, 2.24) is 4.90 Å². The Hall–Kier alpha value is -1.35. The number of rotatable bonds is 6. The van der Waals surface area contributed by atoms with Crippen LogP contribution < -0.4 is 0 Å². The molecule has 0 spiro atoms. The second kappa shape index (κ2) is 6.89. The van der Waals surface area contributed by atoms with E-state index in [4.69, 9.17) is 4.74 Å². The zero-order chi connectivity index (χ0) is 14.4. The van der Waals surface area contributed by atoms with E-state index in [0.29, 0.717) is 6.61 Å². The number of hydrogen-bond donors (Lipinski definition) is 0. The summed E-state index contributed by atoms with van der Waals surface area (Å²) in [5.74, 6) is -0.0278. The Morgan fingerprint density at radius 1 is 1.20 bits per heavy atom. The summed E-state index contributed by atoms with van der Waals surface area (Å²) in [5.41, 5.74) is 0.731.